The fourth-order valence-corrected chi connectivity index (χ4v) is 7.88. The first-order chi connectivity index (χ1) is 24.8. The van der Waals surface area contributed by atoms with Crippen molar-refractivity contribution in [2.75, 3.05) is 0 Å². The molecular formula is C45H30N4S. The second kappa shape index (κ2) is 12.5. The highest BCUT2D eigenvalue weighted by Gasteiger charge is 2.21. The Morgan fingerprint density at radius 1 is 0.520 bits per heavy atom. The number of allylic oxidation sites excluding steroid dienone is 4. The normalized spacial score (nSPS) is 11.9. The fourth-order valence-electron chi connectivity index (χ4n) is 6.77. The van der Waals surface area contributed by atoms with Crippen LogP contribution in [0.1, 0.15) is 5.56 Å². The van der Waals surface area contributed by atoms with Gasteiger partial charge >= 0.3 is 0 Å². The number of fused-ring (bicyclic) bond motifs is 7. The third kappa shape index (κ3) is 5.12. The van der Waals surface area contributed by atoms with Gasteiger partial charge in [0.15, 0.2) is 17.5 Å². The second-order valence-electron chi connectivity index (χ2n) is 12.1. The summed E-state index contributed by atoms with van der Waals surface area (Å²) in [5, 5.41) is 4.97. The Morgan fingerprint density at radius 3 is 2.02 bits per heavy atom. The summed E-state index contributed by atoms with van der Waals surface area (Å²) in [4.78, 5) is 15.3. The Balaban J connectivity index is 1.29. The molecule has 0 unspecified atom stereocenters. The molecule has 50 heavy (non-hydrogen) atoms. The number of hydrogen-bond acceptors (Lipinski definition) is 4. The summed E-state index contributed by atoms with van der Waals surface area (Å²) in [7, 11) is 0. The van der Waals surface area contributed by atoms with Crippen LogP contribution in [0, 0.1) is 0 Å². The number of para-hydroxylation sites is 2. The largest absolute Gasteiger partial charge is 0.308 e. The second-order valence-corrected chi connectivity index (χ2v) is 13.2. The molecule has 6 aromatic carbocycles. The molecule has 3 heterocycles. The lowest BCUT2D eigenvalue weighted by Crippen LogP contribution is -2.03. The van der Waals surface area contributed by atoms with Gasteiger partial charge in [-0.15, -0.1) is 11.3 Å². The maximum atomic E-state index is 5.17. The Morgan fingerprint density at radius 2 is 1.20 bits per heavy atom. The quantitative estimate of drug-likeness (QED) is 0.160. The van der Waals surface area contributed by atoms with Gasteiger partial charge in [0, 0.05) is 47.6 Å². The summed E-state index contributed by atoms with van der Waals surface area (Å²) in [6.07, 6.45) is 9.70. The Labute approximate surface area is 293 Å². The fraction of sp³-hybridized carbons (Fsp3) is 0. The van der Waals surface area contributed by atoms with Gasteiger partial charge in [0.05, 0.1) is 16.7 Å². The maximum absolute atomic E-state index is 5.17. The van der Waals surface area contributed by atoms with Crippen LogP contribution in [0.2, 0.25) is 0 Å². The van der Waals surface area contributed by atoms with Crippen molar-refractivity contribution in [3.8, 4) is 39.9 Å². The first-order valence-electron chi connectivity index (χ1n) is 16.6. The number of thiophene rings is 1. The van der Waals surface area contributed by atoms with Gasteiger partial charge in [-0.05, 0) is 35.9 Å². The summed E-state index contributed by atoms with van der Waals surface area (Å²) < 4.78 is 4.96. The lowest BCUT2D eigenvalue weighted by Gasteiger charge is -2.15. The number of benzene rings is 6. The van der Waals surface area contributed by atoms with Crippen LogP contribution in [0.3, 0.4) is 0 Å². The molecule has 0 saturated carbocycles. The summed E-state index contributed by atoms with van der Waals surface area (Å²) in [6.45, 7) is 3.73. The van der Waals surface area contributed by atoms with Gasteiger partial charge in [0.2, 0.25) is 0 Å². The van der Waals surface area contributed by atoms with E-state index in [1.165, 1.54) is 36.5 Å². The molecule has 0 spiro atoms. The highest BCUT2D eigenvalue weighted by Crippen LogP contribution is 2.44. The van der Waals surface area contributed by atoms with Gasteiger partial charge in [0.25, 0.3) is 0 Å². The molecule has 5 heteroatoms. The molecule has 9 aromatic rings. The predicted molar refractivity (Wildman–Crippen MR) is 212 cm³/mol. The molecule has 0 aliphatic carbocycles. The van der Waals surface area contributed by atoms with Crippen LogP contribution < -0.4 is 0 Å². The van der Waals surface area contributed by atoms with Crippen LogP contribution >= 0.6 is 11.3 Å². The Kier molecular flexibility index (Phi) is 7.45. The minimum Gasteiger partial charge on any atom is -0.308 e. The summed E-state index contributed by atoms with van der Waals surface area (Å²) >= 11 is 1.84. The van der Waals surface area contributed by atoms with E-state index in [2.05, 4.69) is 126 Å². The molecule has 0 bridgehead atoms. The van der Waals surface area contributed by atoms with Crippen molar-refractivity contribution >= 4 is 59.4 Å². The molecule has 0 aliphatic rings. The van der Waals surface area contributed by atoms with E-state index in [1.54, 1.807) is 6.08 Å². The molecule has 0 amide bonds. The van der Waals surface area contributed by atoms with Crippen LogP contribution in [-0.2, 0) is 0 Å². The van der Waals surface area contributed by atoms with Crippen molar-refractivity contribution in [3.05, 3.63) is 176 Å². The zero-order valence-corrected chi connectivity index (χ0v) is 27.9. The monoisotopic (exact) mass is 658 g/mol. The van der Waals surface area contributed by atoms with E-state index >= 15 is 0 Å². The average Bonchev–Trinajstić information content (AvgIpc) is 3.73. The van der Waals surface area contributed by atoms with Gasteiger partial charge in [-0.25, -0.2) is 15.0 Å². The van der Waals surface area contributed by atoms with Crippen molar-refractivity contribution in [1.82, 2.24) is 19.5 Å². The van der Waals surface area contributed by atoms with Crippen LogP contribution in [0.15, 0.2) is 170 Å². The van der Waals surface area contributed by atoms with Crippen molar-refractivity contribution in [2.45, 2.75) is 0 Å². The number of rotatable bonds is 7. The number of nitrogens with zero attached hydrogens (tertiary/aromatic N) is 4. The van der Waals surface area contributed by atoms with Crippen LogP contribution in [0.25, 0.3) is 87.9 Å². The molecule has 4 nitrogen and oxygen atoms in total. The van der Waals surface area contributed by atoms with E-state index in [1.807, 2.05) is 59.9 Å². The molecule has 0 saturated heterocycles. The zero-order chi connectivity index (χ0) is 33.4. The van der Waals surface area contributed by atoms with Crippen LogP contribution in [0.5, 0.6) is 0 Å². The zero-order valence-electron chi connectivity index (χ0n) is 27.1. The van der Waals surface area contributed by atoms with E-state index in [0.717, 1.165) is 33.5 Å². The minimum absolute atomic E-state index is 0.622. The van der Waals surface area contributed by atoms with E-state index in [0.29, 0.717) is 17.5 Å². The highest BCUT2D eigenvalue weighted by atomic mass is 32.1. The number of aromatic nitrogens is 4. The first-order valence-corrected chi connectivity index (χ1v) is 17.4. The third-order valence-electron chi connectivity index (χ3n) is 9.04. The van der Waals surface area contributed by atoms with Gasteiger partial charge < -0.3 is 4.57 Å². The molecule has 0 radical (unpaired) electrons. The van der Waals surface area contributed by atoms with E-state index in [-0.39, 0.29) is 0 Å². The van der Waals surface area contributed by atoms with Crippen molar-refractivity contribution < 1.29 is 0 Å². The summed E-state index contributed by atoms with van der Waals surface area (Å²) in [5.41, 5.74) is 7.23. The highest BCUT2D eigenvalue weighted by molar-refractivity contribution is 7.26. The van der Waals surface area contributed by atoms with Gasteiger partial charge in [-0.3, -0.25) is 0 Å². The van der Waals surface area contributed by atoms with Crippen molar-refractivity contribution in [2.24, 2.45) is 0 Å². The lowest BCUT2D eigenvalue weighted by molar-refractivity contribution is 1.06. The molecule has 0 atom stereocenters. The van der Waals surface area contributed by atoms with Crippen molar-refractivity contribution in [1.29, 1.82) is 0 Å². The molecule has 9 rings (SSSR count). The van der Waals surface area contributed by atoms with Crippen LogP contribution in [-0.4, -0.2) is 19.5 Å². The van der Waals surface area contributed by atoms with Gasteiger partial charge in [-0.2, -0.15) is 0 Å². The lowest BCUT2D eigenvalue weighted by atomic mass is 10.1. The van der Waals surface area contributed by atoms with Gasteiger partial charge in [0.1, 0.15) is 0 Å². The van der Waals surface area contributed by atoms with E-state index in [9.17, 15) is 0 Å². The standard InChI is InChI=1S/C45H30N4S/c1-2-3-4-6-15-30-24-26-32(27-25-30)44-46-43(31-16-7-5-8-17-31)47-45(48-44)35-19-10-13-22-38(35)49-37-21-12-9-18-33(37)34-28-29-40-41(42(34)49)36-20-11-14-23-39(36)50-40/h2-29H,1H2/b4-3-,15-6+. The Bertz CT molecular complexity index is 2770. The summed E-state index contributed by atoms with van der Waals surface area (Å²) in [5.74, 6) is 1.88. The minimum atomic E-state index is 0.622. The molecule has 0 fully saturated rings. The Hall–Kier alpha value is -6.43. The maximum Gasteiger partial charge on any atom is 0.166 e. The average molecular weight is 659 g/mol. The molecule has 0 aliphatic heterocycles. The third-order valence-corrected chi connectivity index (χ3v) is 10.2. The topological polar surface area (TPSA) is 43.6 Å². The smallest absolute Gasteiger partial charge is 0.166 e. The van der Waals surface area contributed by atoms with Crippen molar-refractivity contribution in [3.63, 3.8) is 0 Å². The predicted octanol–water partition coefficient (Wildman–Crippen LogP) is 12.1. The molecule has 3 aromatic heterocycles. The molecular weight excluding hydrogens is 629 g/mol. The molecule has 236 valence electrons. The number of hydrogen-bond donors (Lipinski definition) is 0. The summed E-state index contributed by atoms with van der Waals surface area (Å²) in [6, 6.07) is 48.9. The SMILES string of the molecule is C=C/C=C\C=C\c1ccc(-c2nc(-c3ccccc3)nc(-c3ccccc3-n3c4ccccc4c4ccc5sc6ccccc6c5c43)n2)cc1. The molecule has 0 N–H and O–H groups in total. The van der Waals surface area contributed by atoms with E-state index < -0.39 is 0 Å². The van der Waals surface area contributed by atoms with Gasteiger partial charge in [-0.1, -0.05) is 146 Å². The first kappa shape index (κ1) is 29.7. The van der Waals surface area contributed by atoms with Crippen LogP contribution in [0.4, 0.5) is 0 Å². The van der Waals surface area contributed by atoms with E-state index in [4.69, 9.17) is 15.0 Å².